The lowest BCUT2D eigenvalue weighted by Crippen LogP contribution is -2.57. The van der Waals surface area contributed by atoms with Gasteiger partial charge in [-0.15, -0.1) is 0 Å². The maximum atomic E-state index is 13.4. The van der Waals surface area contributed by atoms with Crippen LogP contribution in [0.5, 0.6) is 0 Å². The second-order valence-electron chi connectivity index (χ2n) is 10.0. The predicted octanol–water partition coefficient (Wildman–Crippen LogP) is 4.27. The Balaban J connectivity index is 1.60. The summed E-state index contributed by atoms with van der Waals surface area (Å²) >= 11 is 0. The van der Waals surface area contributed by atoms with Gasteiger partial charge in [0, 0.05) is 24.7 Å². The first kappa shape index (κ1) is 18.9. The van der Waals surface area contributed by atoms with Crippen LogP contribution in [-0.2, 0) is 19.1 Å². The maximum absolute atomic E-state index is 13.4. The molecule has 0 aromatic heterocycles. The first-order valence-electron chi connectivity index (χ1n) is 10.6. The molecule has 4 nitrogen and oxygen atoms in total. The number of ether oxygens (including phenoxy) is 1. The Morgan fingerprint density at radius 1 is 1.15 bits per heavy atom. The number of carbonyl (C=O) groups excluding carboxylic acids is 3. The van der Waals surface area contributed by atoms with Gasteiger partial charge in [0.05, 0.1) is 0 Å². The van der Waals surface area contributed by atoms with Gasteiger partial charge in [-0.3, -0.25) is 14.4 Å². The van der Waals surface area contributed by atoms with Gasteiger partial charge in [-0.05, 0) is 74.2 Å². The van der Waals surface area contributed by atoms with Gasteiger partial charge < -0.3 is 4.74 Å². The third-order valence-electron chi connectivity index (χ3n) is 8.60. The van der Waals surface area contributed by atoms with Gasteiger partial charge in [-0.1, -0.05) is 19.9 Å². The summed E-state index contributed by atoms with van der Waals surface area (Å²) in [5.41, 5.74) is 0.643. The molecule has 4 heteroatoms. The van der Waals surface area contributed by atoms with Crippen molar-refractivity contribution in [2.75, 3.05) is 0 Å². The van der Waals surface area contributed by atoms with Crippen molar-refractivity contribution in [1.29, 1.82) is 0 Å². The number of hydrogen-bond donors (Lipinski definition) is 0. The van der Waals surface area contributed by atoms with Crippen LogP contribution in [0.15, 0.2) is 11.6 Å². The highest BCUT2D eigenvalue weighted by molar-refractivity contribution is 5.97. The van der Waals surface area contributed by atoms with E-state index in [1.807, 2.05) is 0 Å². The van der Waals surface area contributed by atoms with Crippen LogP contribution >= 0.6 is 0 Å². The Labute approximate surface area is 162 Å². The molecule has 0 radical (unpaired) electrons. The number of hydrogen-bond acceptors (Lipinski definition) is 4. The molecule has 0 heterocycles. The van der Waals surface area contributed by atoms with E-state index >= 15 is 0 Å². The molecule has 4 rings (SSSR count). The Morgan fingerprint density at radius 2 is 1.89 bits per heavy atom. The highest BCUT2D eigenvalue weighted by atomic mass is 16.5. The molecule has 27 heavy (non-hydrogen) atoms. The van der Waals surface area contributed by atoms with Gasteiger partial charge in [0.15, 0.2) is 5.78 Å². The van der Waals surface area contributed by atoms with Crippen LogP contribution in [0.2, 0.25) is 0 Å². The summed E-state index contributed by atoms with van der Waals surface area (Å²) in [6.45, 7) is 7.59. The van der Waals surface area contributed by atoms with E-state index in [2.05, 4.69) is 19.9 Å². The van der Waals surface area contributed by atoms with Crippen LogP contribution in [-0.4, -0.2) is 23.6 Å². The maximum Gasteiger partial charge on any atom is 0.302 e. The van der Waals surface area contributed by atoms with Crippen molar-refractivity contribution in [1.82, 2.24) is 0 Å². The number of rotatable bonds is 2. The lowest BCUT2D eigenvalue weighted by molar-refractivity contribution is -0.166. The van der Waals surface area contributed by atoms with Crippen molar-refractivity contribution >= 4 is 17.5 Å². The number of ketones is 2. The zero-order chi connectivity index (χ0) is 19.6. The Hall–Kier alpha value is -1.45. The fraction of sp³-hybridized carbons (Fsp3) is 0.783. The highest BCUT2D eigenvalue weighted by Gasteiger charge is 2.62. The van der Waals surface area contributed by atoms with E-state index in [9.17, 15) is 14.4 Å². The van der Waals surface area contributed by atoms with Gasteiger partial charge in [-0.25, -0.2) is 0 Å². The average molecular weight is 373 g/mol. The first-order chi connectivity index (χ1) is 12.7. The number of Topliss-reactive ketones (excluding diaryl/α,β-unsaturated/α-hetero) is 2. The van der Waals surface area contributed by atoms with Crippen LogP contribution in [0.25, 0.3) is 0 Å². The number of fused-ring (bicyclic) bond motifs is 5. The molecule has 3 saturated carbocycles. The summed E-state index contributed by atoms with van der Waals surface area (Å²) in [5, 5.41) is 0. The molecule has 4 aliphatic carbocycles. The molecule has 0 unspecified atom stereocenters. The van der Waals surface area contributed by atoms with E-state index in [1.54, 1.807) is 6.92 Å². The molecule has 0 aliphatic heterocycles. The number of esters is 1. The molecule has 3 fully saturated rings. The van der Waals surface area contributed by atoms with E-state index in [0.717, 1.165) is 44.1 Å². The normalized spacial score (nSPS) is 46.0. The van der Waals surface area contributed by atoms with E-state index in [-0.39, 0.29) is 34.6 Å². The molecule has 0 saturated heterocycles. The second-order valence-corrected chi connectivity index (χ2v) is 10.0. The fourth-order valence-electron chi connectivity index (χ4n) is 7.50. The van der Waals surface area contributed by atoms with Crippen LogP contribution in [0.1, 0.15) is 72.6 Å². The minimum atomic E-state index is -0.262. The Kier molecular flexibility index (Phi) is 4.40. The monoisotopic (exact) mass is 372 g/mol. The van der Waals surface area contributed by atoms with Crippen molar-refractivity contribution in [3.05, 3.63) is 11.6 Å². The average Bonchev–Trinajstić information content (AvgIpc) is 2.91. The van der Waals surface area contributed by atoms with Crippen LogP contribution in [0.4, 0.5) is 0 Å². The molecule has 0 aromatic carbocycles. The summed E-state index contributed by atoms with van der Waals surface area (Å²) in [6, 6.07) is 0. The lowest BCUT2D eigenvalue weighted by atomic mass is 9.44. The summed E-state index contributed by atoms with van der Waals surface area (Å²) in [4.78, 5) is 37.0. The summed E-state index contributed by atoms with van der Waals surface area (Å²) in [6.07, 6.45) is 8.46. The zero-order valence-electron chi connectivity index (χ0n) is 17.0. The van der Waals surface area contributed by atoms with Crippen molar-refractivity contribution in [2.45, 2.75) is 78.7 Å². The molecule has 0 bridgehead atoms. The standard InChI is InChI=1S/C23H32O4/c1-13(24)18-7-8-19-17-6-5-15-11-16(27-14(2)25)9-10-22(15,3)21(17)20(26)12-23(18,19)4/h7,15-17,19,21H,5-6,8-12H2,1-4H3/t15-,16+,17+,19+,21-,22+,23-/m1/s1. The molecule has 0 aromatic rings. The smallest absolute Gasteiger partial charge is 0.302 e. The van der Waals surface area contributed by atoms with Gasteiger partial charge in [0.25, 0.3) is 0 Å². The molecule has 7 atom stereocenters. The molecular weight excluding hydrogens is 340 g/mol. The molecule has 0 spiro atoms. The topological polar surface area (TPSA) is 60.4 Å². The van der Waals surface area contributed by atoms with Gasteiger partial charge in [-0.2, -0.15) is 0 Å². The highest BCUT2D eigenvalue weighted by Crippen LogP contribution is 2.65. The van der Waals surface area contributed by atoms with Crippen LogP contribution in [0, 0.1) is 34.5 Å². The number of allylic oxidation sites excluding steroid dienone is 2. The summed E-state index contributed by atoms with van der Waals surface area (Å²) in [5.74, 6) is 1.66. The van der Waals surface area contributed by atoms with E-state index < -0.39 is 0 Å². The number of carbonyl (C=O) groups is 3. The Bertz CT molecular complexity index is 722. The largest absolute Gasteiger partial charge is 0.463 e. The summed E-state index contributed by atoms with van der Waals surface area (Å²) in [7, 11) is 0. The lowest BCUT2D eigenvalue weighted by Gasteiger charge is -2.59. The second kappa shape index (κ2) is 6.28. The third kappa shape index (κ3) is 2.74. The first-order valence-corrected chi connectivity index (χ1v) is 10.6. The van der Waals surface area contributed by atoms with E-state index in [0.29, 0.717) is 30.0 Å². The van der Waals surface area contributed by atoms with Crippen molar-refractivity contribution in [2.24, 2.45) is 34.5 Å². The molecule has 4 aliphatic rings. The third-order valence-corrected chi connectivity index (χ3v) is 8.60. The van der Waals surface area contributed by atoms with Crippen molar-refractivity contribution < 1.29 is 19.1 Å². The minimum Gasteiger partial charge on any atom is -0.463 e. The molecule has 148 valence electrons. The van der Waals surface area contributed by atoms with E-state index in [4.69, 9.17) is 4.74 Å². The summed E-state index contributed by atoms with van der Waals surface area (Å²) < 4.78 is 5.50. The van der Waals surface area contributed by atoms with Gasteiger partial charge in [0.1, 0.15) is 11.9 Å². The van der Waals surface area contributed by atoms with Crippen LogP contribution < -0.4 is 0 Å². The van der Waals surface area contributed by atoms with Gasteiger partial charge in [0.2, 0.25) is 0 Å². The van der Waals surface area contributed by atoms with Crippen molar-refractivity contribution in [3.63, 3.8) is 0 Å². The van der Waals surface area contributed by atoms with Crippen LogP contribution in [0.3, 0.4) is 0 Å². The SMILES string of the molecule is CC(=O)O[C@H]1CC[C@@]2(C)[C@H](CC[C@@H]3[C@@H]2C(=O)C[C@]2(C)C(C(C)=O)=CC[C@@H]32)C1. The predicted molar refractivity (Wildman–Crippen MR) is 102 cm³/mol. The van der Waals surface area contributed by atoms with Crippen molar-refractivity contribution in [3.8, 4) is 0 Å². The van der Waals surface area contributed by atoms with Gasteiger partial charge >= 0.3 is 5.97 Å². The minimum absolute atomic E-state index is 0.0109. The quantitative estimate of drug-likeness (QED) is 0.679. The van der Waals surface area contributed by atoms with E-state index in [1.165, 1.54) is 6.92 Å². The zero-order valence-corrected chi connectivity index (χ0v) is 17.0. The Morgan fingerprint density at radius 3 is 2.56 bits per heavy atom. The fourth-order valence-corrected chi connectivity index (χ4v) is 7.50. The molecular formula is C23H32O4. The molecule has 0 N–H and O–H groups in total. The molecule has 0 amide bonds.